The molecule has 1 atom stereocenters. The minimum atomic E-state index is -3.01. The molecule has 0 N–H and O–H groups in total. The van der Waals surface area contributed by atoms with Gasteiger partial charge in [-0.25, -0.2) is 17.8 Å². The Bertz CT molecular complexity index is 757. The number of imidazole rings is 1. The highest BCUT2D eigenvalue weighted by atomic mass is 35.5. The Hall–Kier alpha value is -1.14. The quantitative estimate of drug-likeness (QED) is 0.817. The van der Waals surface area contributed by atoms with Crippen LogP contribution in [0.1, 0.15) is 18.3 Å². The first-order chi connectivity index (χ1) is 9.50. The van der Waals surface area contributed by atoms with E-state index in [9.17, 15) is 12.8 Å². The number of hydrogen-bond donors (Lipinski definition) is 0. The van der Waals surface area contributed by atoms with Crippen LogP contribution in [0.4, 0.5) is 4.39 Å². The topological polar surface area (TPSA) is 52.0 Å². The Morgan fingerprint density at radius 2 is 2.25 bits per heavy atom. The van der Waals surface area contributed by atoms with E-state index in [1.54, 1.807) is 6.07 Å². The summed E-state index contributed by atoms with van der Waals surface area (Å²) in [5, 5.41) is 0. The molecule has 1 aliphatic rings. The average Bonchev–Trinajstić information content (AvgIpc) is 2.89. The Labute approximate surface area is 121 Å². The molecule has 2 heterocycles. The lowest BCUT2D eigenvalue weighted by Gasteiger charge is -2.14. The predicted octanol–water partition coefficient (Wildman–Crippen LogP) is 2.32. The van der Waals surface area contributed by atoms with Gasteiger partial charge in [0, 0.05) is 12.3 Å². The summed E-state index contributed by atoms with van der Waals surface area (Å²) < 4.78 is 38.7. The molecule has 0 radical (unpaired) electrons. The zero-order chi connectivity index (χ0) is 14.3. The molecule has 0 bridgehead atoms. The van der Waals surface area contributed by atoms with Crippen LogP contribution in [0.25, 0.3) is 11.0 Å². The molecule has 0 spiro atoms. The van der Waals surface area contributed by atoms with Gasteiger partial charge in [-0.1, -0.05) is 0 Å². The molecule has 1 fully saturated rings. The normalized spacial score (nSPS) is 21.6. The van der Waals surface area contributed by atoms with Gasteiger partial charge < -0.3 is 4.57 Å². The number of halogens is 2. The van der Waals surface area contributed by atoms with E-state index in [2.05, 4.69) is 4.98 Å². The summed E-state index contributed by atoms with van der Waals surface area (Å²) in [4.78, 5) is 4.45. The van der Waals surface area contributed by atoms with Crippen molar-refractivity contribution in [3.8, 4) is 0 Å². The van der Waals surface area contributed by atoms with Crippen molar-refractivity contribution in [2.75, 3.05) is 17.4 Å². The highest BCUT2D eigenvalue weighted by molar-refractivity contribution is 7.91. The second kappa shape index (κ2) is 5.00. The first-order valence-electron chi connectivity index (χ1n) is 6.43. The molecule has 0 amide bonds. The number of hydrogen-bond acceptors (Lipinski definition) is 3. The third-order valence-corrected chi connectivity index (χ3v) is 5.56. The molecule has 1 saturated heterocycles. The van der Waals surface area contributed by atoms with E-state index in [-0.39, 0.29) is 23.4 Å². The van der Waals surface area contributed by atoms with E-state index in [1.807, 2.05) is 4.57 Å². The Balaban J connectivity index is 2.15. The summed E-state index contributed by atoms with van der Waals surface area (Å²) >= 11 is 5.78. The van der Waals surface area contributed by atoms with E-state index >= 15 is 0 Å². The SMILES string of the molecule is O=S1(=O)CCC(n2c(CCCl)nc3ccc(F)cc32)C1. The number of aryl methyl sites for hydroxylation is 1. The number of aromatic nitrogens is 2. The molecular weight excluding hydrogens is 303 g/mol. The predicted molar refractivity (Wildman–Crippen MR) is 76.4 cm³/mol. The van der Waals surface area contributed by atoms with Crippen molar-refractivity contribution in [3.63, 3.8) is 0 Å². The van der Waals surface area contributed by atoms with Crippen LogP contribution in [0, 0.1) is 5.82 Å². The van der Waals surface area contributed by atoms with Crippen molar-refractivity contribution in [2.24, 2.45) is 0 Å². The fraction of sp³-hybridized carbons (Fsp3) is 0.462. The third-order valence-electron chi connectivity index (χ3n) is 3.62. The van der Waals surface area contributed by atoms with Gasteiger partial charge in [0.25, 0.3) is 0 Å². The molecule has 7 heteroatoms. The Kier molecular flexibility index (Phi) is 3.46. The molecule has 1 unspecified atom stereocenters. The summed E-state index contributed by atoms with van der Waals surface area (Å²) in [7, 11) is -3.01. The third kappa shape index (κ3) is 2.42. The van der Waals surface area contributed by atoms with Gasteiger partial charge in [0.1, 0.15) is 11.6 Å². The fourth-order valence-corrected chi connectivity index (χ4v) is 4.63. The maximum atomic E-state index is 13.5. The van der Waals surface area contributed by atoms with Crippen LogP contribution in [-0.4, -0.2) is 35.4 Å². The standard InChI is InChI=1S/C13H14ClFN2O2S/c14-5-3-13-16-11-2-1-9(15)7-12(11)17(13)10-4-6-20(18,19)8-10/h1-2,7,10H,3-6,8H2. The number of alkyl halides is 1. The first-order valence-corrected chi connectivity index (χ1v) is 8.78. The minimum absolute atomic E-state index is 0.0876. The van der Waals surface area contributed by atoms with Crippen LogP contribution < -0.4 is 0 Å². The van der Waals surface area contributed by atoms with Gasteiger partial charge in [0.15, 0.2) is 9.84 Å². The van der Waals surface area contributed by atoms with Gasteiger partial charge in [0.2, 0.25) is 0 Å². The van der Waals surface area contributed by atoms with Crippen LogP contribution in [0.5, 0.6) is 0 Å². The maximum absolute atomic E-state index is 13.5. The van der Waals surface area contributed by atoms with Crippen LogP contribution in [0.2, 0.25) is 0 Å². The van der Waals surface area contributed by atoms with Crippen LogP contribution in [-0.2, 0) is 16.3 Å². The lowest BCUT2D eigenvalue weighted by molar-refractivity contribution is 0.547. The summed E-state index contributed by atoms with van der Waals surface area (Å²) in [6, 6.07) is 4.20. The first kappa shape index (κ1) is 13.8. The molecule has 1 aromatic carbocycles. The van der Waals surface area contributed by atoms with Gasteiger partial charge in [-0.3, -0.25) is 0 Å². The average molecular weight is 317 g/mol. The Morgan fingerprint density at radius 3 is 2.90 bits per heavy atom. The van der Waals surface area contributed by atoms with Crippen molar-refractivity contribution >= 4 is 32.5 Å². The molecule has 4 nitrogen and oxygen atoms in total. The van der Waals surface area contributed by atoms with Crippen molar-refractivity contribution in [1.29, 1.82) is 0 Å². The van der Waals surface area contributed by atoms with Crippen molar-refractivity contribution in [3.05, 3.63) is 29.8 Å². The van der Waals surface area contributed by atoms with Gasteiger partial charge in [-0.2, -0.15) is 0 Å². The second-order valence-electron chi connectivity index (χ2n) is 5.03. The van der Waals surface area contributed by atoms with E-state index in [4.69, 9.17) is 11.6 Å². The van der Waals surface area contributed by atoms with Crippen molar-refractivity contribution in [2.45, 2.75) is 18.9 Å². The van der Waals surface area contributed by atoms with Crippen molar-refractivity contribution in [1.82, 2.24) is 9.55 Å². The molecule has 3 rings (SSSR count). The molecule has 0 saturated carbocycles. The highest BCUT2D eigenvalue weighted by Gasteiger charge is 2.31. The smallest absolute Gasteiger partial charge is 0.152 e. The van der Waals surface area contributed by atoms with Gasteiger partial charge in [-0.15, -0.1) is 11.6 Å². The summed E-state index contributed by atoms with van der Waals surface area (Å²) in [5.41, 5.74) is 1.32. The zero-order valence-corrected chi connectivity index (χ0v) is 12.3. The van der Waals surface area contributed by atoms with Crippen LogP contribution >= 0.6 is 11.6 Å². The van der Waals surface area contributed by atoms with Crippen molar-refractivity contribution < 1.29 is 12.8 Å². The van der Waals surface area contributed by atoms with Gasteiger partial charge in [0.05, 0.1) is 28.6 Å². The van der Waals surface area contributed by atoms with Crippen LogP contribution in [0.15, 0.2) is 18.2 Å². The van der Waals surface area contributed by atoms with Gasteiger partial charge in [-0.05, 0) is 24.6 Å². The lowest BCUT2D eigenvalue weighted by atomic mass is 10.2. The number of benzene rings is 1. The number of fused-ring (bicyclic) bond motifs is 1. The summed E-state index contributed by atoms with van der Waals surface area (Å²) in [5.74, 6) is 1.03. The molecular formula is C13H14ClFN2O2S. The Morgan fingerprint density at radius 1 is 1.45 bits per heavy atom. The number of sulfone groups is 1. The minimum Gasteiger partial charge on any atom is -0.324 e. The van der Waals surface area contributed by atoms with E-state index in [1.165, 1.54) is 12.1 Å². The molecule has 108 valence electrons. The second-order valence-corrected chi connectivity index (χ2v) is 7.63. The summed E-state index contributed by atoms with van der Waals surface area (Å²) in [6.07, 6.45) is 1.08. The lowest BCUT2D eigenvalue weighted by Crippen LogP contribution is -2.14. The van der Waals surface area contributed by atoms with E-state index in [0.717, 1.165) is 5.82 Å². The van der Waals surface area contributed by atoms with E-state index < -0.39 is 9.84 Å². The maximum Gasteiger partial charge on any atom is 0.152 e. The zero-order valence-electron chi connectivity index (χ0n) is 10.7. The molecule has 1 aliphatic heterocycles. The highest BCUT2D eigenvalue weighted by Crippen LogP contribution is 2.30. The molecule has 0 aliphatic carbocycles. The van der Waals surface area contributed by atoms with Gasteiger partial charge >= 0.3 is 0 Å². The number of rotatable bonds is 3. The van der Waals surface area contributed by atoms with Crippen LogP contribution in [0.3, 0.4) is 0 Å². The number of nitrogens with zero attached hydrogens (tertiary/aromatic N) is 2. The molecule has 2 aromatic rings. The fourth-order valence-electron chi connectivity index (χ4n) is 2.76. The molecule has 20 heavy (non-hydrogen) atoms. The largest absolute Gasteiger partial charge is 0.324 e. The summed E-state index contributed by atoms with van der Waals surface area (Å²) in [6.45, 7) is 0. The monoisotopic (exact) mass is 316 g/mol. The molecule has 1 aromatic heterocycles. The van der Waals surface area contributed by atoms with E-state index in [0.29, 0.717) is 29.8 Å².